The van der Waals surface area contributed by atoms with Gasteiger partial charge in [0.1, 0.15) is 11.5 Å². The predicted molar refractivity (Wildman–Crippen MR) is 94.7 cm³/mol. The minimum atomic E-state index is 0.0118. The van der Waals surface area contributed by atoms with Crippen molar-refractivity contribution in [3.63, 3.8) is 0 Å². The molecule has 1 amide bonds. The highest BCUT2D eigenvalue weighted by Crippen LogP contribution is 2.26. The van der Waals surface area contributed by atoms with E-state index in [-0.39, 0.29) is 11.8 Å². The average Bonchev–Trinajstić information content (AvgIpc) is 2.48. The zero-order valence-electron chi connectivity index (χ0n) is 12.6. The fraction of sp³-hybridized carbons (Fsp3) is 0.222. The largest absolute Gasteiger partial charge is 0.457 e. The predicted octanol–water partition coefficient (Wildman–Crippen LogP) is 4.09. The molecule has 1 fully saturated rings. The quantitative estimate of drug-likeness (QED) is 0.831. The maximum atomic E-state index is 11.8. The summed E-state index contributed by atoms with van der Waals surface area (Å²) in [7, 11) is 0. The molecule has 23 heavy (non-hydrogen) atoms. The summed E-state index contributed by atoms with van der Waals surface area (Å²) in [4.78, 5) is 11.8. The van der Waals surface area contributed by atoms with Crippen LogP contribution in [0.3, 0.4) is 0 Å². The Labute approximate surface area is 140 Å². The Morgan fingerprint density at radius 1 is 1.00 bits per heavy atom. The maximum absolute atomic E-state index is 11.8. The van der Waals surface area contributed by atoms with Crippen LogP contribution in [0, 0.1) is 5.92 Å². The number of carbonyl (C=O) groups is 1. The fourth-order valence-electron chi connectivity index (χ4n) is 2.28. The first-order valence-corrected chi connectivity index (χ1v) is 8.06. The topological polar surface area (TPSA) is 50.4 Å². The molecule has 0 aromatic heterocycles. The summed E-state index contributed by atoms with van der Waals surface area (Å²) in [5, 5.41) is 6.08. The Kier molecular flexibility index (Phi) is 4.88. The van der Waals surface area contributed by atoms with Crippen molar-refractivity contribution in [1.29, 1.82) is 0 Å². The van der Waals surface area contributed by atoms with Gasteiger partial charge in [-0.3, -0.25) is 4.79 Å². The maximum Gasteiger partial charge on any atom is 0.229 e. The molecule has 1 saturated carbocycles. The van der Waals surface area contributed by atoms with Crippen molar-refractivity contribution >= 4 is 28.9 Å². The first kappa shape index (κ1) is 15.5. The number of anilines is 1. The van der Waals surface area contributed by atoms with Crippen molar-refractivity contribution in [2.45, 2.75) is 19.3 Å². The van der Waals surface area contributed by atoms with Crippen molar-refractivity contribution in [3.8, 4) is 11.5 Å². The first-order chi connectivity index (χ1) is 11.2. The summed E-state index contributed by atoms with van der Waals surface area (Å²) in [6, 6.07) is 17.0. The zero-order chi connectivity index (χ0) is 16.1. The van der Waals surface area contributed by atoms with E-state index in [1.165, 1.54) is 0 Å². The van der Waals surface area contributed by atoms with Crippen molar-refractivity contribution in [2.75, 3.05) is 5.32 Å². The van der Waals surface area contributed by atoms with Crippen molar-refractivity contribution in [3.05, 3.63) is 54.6 Å². The number of rotatable bonds is 4. The van der Waals surface area contributed by atoms with Crippen LogP contribution in [-0.4, -0.2) is 11.0 Å². The second-order valence-corrected chi connectivity index (χ2v) is 5.92. The fourth-order valence-corrected chi connectivity index (χ4v) is 2.50. The number of benzene rings is 2. The van der Waals surface area contributed by atoms with Gasteiger partial charge in [0.15, 0.2) is 5.11 Å². The van der Waals surface area contributed by atoms with E-state index in [1.807, 2.05) is 54.6 Å². The third-order valence-corrected chi connectivity index (χ3v) is 4.01. The molecule has 0 spiro atoms. The minimum Gasteiger partial charge on any atom is -0.457 e. The van der Waals surface area contributed by atoms with Gasteiger partial charge in [-0.05, 0) is 61.5 Å². The smallest absolute Gasteiger partial charge is 0.229 e. The minimum absolute atomic E-state index is 0.0118. The van der Waals surface area contributed by atoms with E-state index in [0.29, 0.717) is 5.11 Å². The van der Waals surface area contributed by atoms with Gasteiger partial charge in [0.05, 0.1) is 0 Å². The standard InChI is InChI=1S/C18H18N2O2S/c21-17(13-5-4-6-13)20-18(23)19-14-9-11-16(12-10-14)22-15-7-2-1-3-8-15/h1-3,7-13H,4-6H2,(H2,19,20,21,23). The lowest BCUT2D eigenvalue weighted by Gasteiger charge is -2.24. The van der Waals surface area contributed by atoms with E-state index in [2.05, 4.69) is 10.6 Å². The van der Waals surface area contributed by atoms with Gasteiger partial charge in [0.2, 0.25) is 5.91 Å². The van der Waals surface area contributed by atoms with Gasteiger partial charge >= 0.3 is 0 Å². The highest BCUT2D eigenvalue weighted by molar-refractivity contribution is 7.80. The molecule has 0 saturated heterocycles. The summed E-state index contributed by atoms with van der Waals surface area (Å²) in [6.07, 6.45) is 3.04. The number of amides is 1. The number of para-hydroxylation sites is 1. The van der Waals surface area contributed by atoms with E-state index in [0.717, 1.165) is 36.4 Å². The molecule has 0 unspecified atom stereocenters. The van der Waals surface area contributed by atoms with Gasteiger partial charge in [0.25, 0.3) is 0 Å². The summed E-state index contributed by atoms with van der Waals surface area (Å²) >= 11 is 5.17. The molecule has 5 heteroatoms. The molecule has 3 rings (SSSR count). The summed E-state index contributed by atoms with van der Waals surface area (Å²) in [5.74, 6) is 1.66. The van der Waals surface area contributed by atoms with E-state index in [1.54, 1.807) is 0 Å². The van der Waals surface area contributed by atoms with Crippen LogP contribution < -0.4 is 15.4 Å². The molecule has 2 aromatic carbocycles. The lowest BCUT2D eigenvalue weighted by Crippen LogP contribution is -2.40. The number of hydrogen-bond donors (Lipinski definition) is 2. The van der Waals surface area contributed by atoms with E-state index in [4.69, 9.17) is 17.0 Å². The number of carbonyl (C=O) groups excluding carboxylic acids is 1. The van der Waals surface area contributed by atoms with E-state index < -0.39 is 0 Å². The van der Waals surface area contributed by atoms with Crippen LogP contribution in [0.5, 0.6) is 11.5 Å². The summed E-state index contributed by atoms with van der Waals surface area (Å²) in [5.41, 5.74) is 0.810. The zero-order valence-corrected chi connectivity index (χ0v) is 13.4. The van der Waals surface area contributed by atoms with Crippen molar-refractivity contribution < 1.29 is 9.53 Å². The van der Waals surface area contributed by atoms with Gasteiger partial charge < -0.3 is 15.4 Å². The van der Waals surface area contributed by atoms with Crippen molar-refractivity contribution in [2.24, 2.45) is 5.92 Å². The van der Waals surface area contributed by atoms with E-state index >= 15 is 0 Å². The lowest BCUT2D eigenvalue weighted by molar-refractivity contribution is -0.125. The Morgan fingerprint density at radius 3 is 2.26 bits per heavy atom. The SMILES string of the molecule is O=C(NC(=S)Nc1ccc(Oc2ccccc2)cc1)C1CCC1. The number of nitrogens with one attached hydrogen (secondary N) is 2. The third kappa shape index (κ3) is 4.29. The van der Waals surface area contributed by atoms with Crippen LogP contribution in [0.1, 0.15) is 19.3 Å². The lowest BCUT2D eigenvalue weighted by atomic mass is 9.85. The van der Waals surface area contributed by atoms with Crippen LogP contribution in [0.4, 0.5) is 5.69 Å². The third-order valence-electron chi connectivity index (χ3n) is 3.80. The second-order valence-electron chi connectivity index (χ2n) is 5.51. The first-order valence-electron chi connectivity index (χ1n) is 7.65. The van der Waals surface area contributed by atoms with Crippen LogP contribution in [-0.2, 0) is 4.79 Å². The molecule has 0 heterocycles. The molecular weight excluding hydrogens is 308 g/mol. The van der Waals surface area contributed by atoms with Crippen LogP contribution in [0.2, 0.25) is 0 Å². The van der Waals surface area contributed by atoms with E-state index in [9.17, 15) is 4.79 Å². The molecule has 0 aliphatic heterocycles. The highest BCUT2D eigenvalue weighted by Gasteiger charge is 2.25. The molecule has 2 aromatic rings. The van der Waals surface area contributed by atoms with Gasteiger partial charge in [0, 0.05) is 11.6 Å². The second kappa shape index (κ2) is 7.24. The Balaban J connectivity index is 1.52. The van der Waals surface area contributed by atoms with Crippen LogP contribution in [0.25, 0.3) is 0 Å². The van der Waals surface area contributed by atoms with Gasteiger partial charge in [-0.2, -0.15) is 0 Å². The van der Waals surface area contributed by atoms with Gasteiger partial charge in [-0.1, -0.05) is 24.6 Å². The Morgan fingerprint density at radius 2 is 1.65 bits per heavy atom. The monoisotopic (exact) mass is 326 g/mol. The molecular formula is C18H18N2O2S. The molecule has 118 valence electrons. The van der Waals surface area contributed by atoms with Gasteiger partial charge in [-0.25, -0.2) is 0 Å². The van der Waals surface area contributed by atoms with Crippen molar-refractivity contribution in [1.82, 2.24) is 5.32 Å². The Bertz CT molecular complexity index is 682. The Hall–Kier alpha value is -2.40. The molecule has 0 atom stereocenters. The van der Waals surface area contributed by atoms with Gasteiger partial charge in [-0.15, -0.1) is 0 Å². The summed E-state index contributed by atoms with van der Waals surface area (Å²) < 4.78 is 5.73. The average molecular weight is 326 g/mol. The molecule has 1 aliphatic rings. The summed E-state index contributed by atoms with van der Waals surface area (Å²) in [6.45, 7) is 0. The van der Waals surface area contributed by atoms with Crippen LogP contribution >= 0.6 is 12.2 Å². The molecule has 0 bridgehead atoms. The molecule has 0 radical (unpaired) electrons. The number of hydrogen-bond acceptors (Lipinski definition) is 3. The highest BCUT2D eigenvalue weighted by atomic mass is 32.1. The molecule has 4 nitrogen and oxygen atoms in total. The molecule has 1 aliphatic carbocycles. The molecule has 2 N–H and O–H groups in total. The van der Waals surface area contributed by atoms with Crippen LogP contribution in [0.15, 0.2) is 54.6 Å². The number of thiocarbonyl (C=S) groups is 1. The normalized spacial score (nSPS) is 13.7. The number of ether oxygens (including phenoxy) is 1.